The van der Waals surface area contributed by atoms with Gasteiger partial charge in [0.25, 0.3) is 0 Å². The van der Waals surface area contributed by atoms with Crippen molar-refractivity contribution in [1.82, 2.24) is 19.9 Å². The van der Waals surface area contributed by atoms with Gasteiger partial charge in [-0.25, -0.2) is 24.2 Å². The standard InChI is InChI=1S/C24H24F2N6/c1-11-12-3-7-14(8-4-12)19(11)31-23-18(26)17(13-5-6-13)22(27-2)20(32-23)15-9-28-24-21(15)30-16(25)10-29-24/h9-14,19H,3-8H2,1H3,(H,28,29)(H,31,32)/t11-,12?,14?,19+/m0/s1. The summed E-state index contributed by atoms with van der Waals surface area (Å²) in [6, 6.07) is 0.170. The molecular weight excluding hydrogens is 410 g/mol. The van der Waals surface area contributed by atoms with E-state index >= 15 is 4.39 Å². The van der Waals surface area contributed by atoms with Gasteiger partial charge in [-0.3, -0.25) is 0 Å². The van der Waals surface area contributed by atoms with E-state index in [4.69, 9.17) is 6.57 Å². The van der Waals surface area contributed by atoms with E-state index in [2.05, 4.69) is 37.0 Å². The molecule has 4 saturated carbocycles. The third-order valence-corrected chi connectivity index (χ3v) is 7.79. The van der Waals surface area contributed by atoms with Gasteiger partial charge in [0.2, 0.25) is 11.6 Å². The van der Waals surface area contributed by atoms with Gasteiger partial charge in [-0.15, -0.1) is 0 Å². The molecule has 0 unspecified atom stereocenters. The van der Waals surface area contributed by atoms with Gasteiger partial charge >= 0.3 is 0 Å². The minimum atomic E-state index is -0.711. The minimum absolute atomic E-state index is 0.0228. The van der Waals surface area contributed by atoms with Crippen molar-refractivity contribution < 1.29 is 8.78 Å². The van der Waals surface area contributed by atoms with Gasteiger partial charge in [0.05, 0.1) is 18.5 Å². The number of hydrogen-bond donors (Lipinski definition) is 2. The van der Waals surface area contributed by atoms with Crippen LogP contribution in [0.1, 0.15) is 56.9 Å². The first-order valence-corrected chi connectivity index (χ1v) is 11.4. The van der Waals surface area contributed by atoms with E-state index < -0.39 is 11.8 Å². The van der Waals surface area contributed by atoms with Crippen LogP contribution in [0, 0.1) is 36.1 Å². The Bertz CT molecular complexity index is 1250. The fraction of sp³-hybridized carbons (Fsp3) is 0.500. The van der Waals surface area contributed by atoms with Gasteiger partial charge in [0.1, 0.15) is 5.52 Å². The molecule has 2 N–H and O–H groups in total. The Hall–Kier alpha value is -3.08. The maximum absolute atomic E-state index is 15.8. The number of fused-ring (bicyclic) bond motifs is 4. The van der Waals surface area contributed by atoms with Crippen LogP contribution in [0.3, 0.4) is 0 Å². The fourth-order valence-electron chi connectivity index (χ4n) is 5.92. The molecule has 32 heavy (non-hydrogen) atoms. The lowest BCUT2D eigenvalue weighted by Crippen LogP contribution is -2.47. The second kappa shape index (κ2) is 7.22. The number of nitrogens with one attached hydrogen (secondary N) is 2. The SMILES string of the molecule is [C-]#[N+]c1c(-c2c[nH]c3ncc(F)nc23)nc(N[C@H]2C3CCC(CC3)[C@@H]2C)c(F)c1C1CC1. The number of hydrogen-bond acceptors (Lipinski definition) is 4. The summed E-state index contributed by atoms with van der Waals surface area (Å²) < 4.78 is 29.6. The summed E-state index contributed by atoms with van der Waals surface area (Å²) in [7, 11) is 0. The second-order valence-corrected chi connectivity index (χ2v) is 9.57. The van der Waals surface area contributed by atoms with Crippen molar-refractivity contribution in [2.75, 3.05) is 5.32 Å². The second-order valence-electron chi connectivity index (χ2n) is 9.57. The molecule has 2 atom stereocenters. The first-order chi connectivity index (χ1) is 15.5. The van der Waals surface area contributed by atoms with Gasteiger partial charge in [0, 0.05) is 23.4 Å². The number of aromatic nitrogens is 4. The van der Waals surface area contributed by atoms with Gasteiger partial charge in [-0.1, -0.05) is 6.92 Å². The number of H-pyrrole nitrogens is 1. The summed E-state index contributed by atoms with van der Waals surface area (Å²) in [6.07, 6.45) is 9.19. The topological polar surface area (TPSA) is 70.8 Å². The quantitative estimate of drug-likeness (QED) is 0.497. The van der Waals surface area contributed by atoms with Crippen molar-refractivity contribution in [3.8, 4) is 11.3 Å². The molecule has 3 heterocycles. The maximum Gasteiger partial charge on any atom is 0.232 e. The highest BCUT2D eigenvalue weighted by Crippen LogP contribution is 2.51. The summed E-state index contributed by atoms with van der Waals surface area (Å²) >= 11 is 0. The lowest BCUT2D eigenvalue weighted by Gasteiger charge is -2.47. The maximum atomic E-state index is 15.8. The lowest BCUT2D eigenvalue weighted by molar-refractivity contribution is 0.0926. The van der Waals surface area contributed by atoms with Crippen molar-refractivity contribution in [3.05, 3.63) is 41.1 Å². The van der Waals surface area contributed by atoms with Crippen molar-refractivity contribution in [3.63, 3.8) is 0 Å². The Balaban J connectivity index is 1.51. The van der Waals surface area contributed by atoms with Crippen molar-refractivity contribution in [1.29, 1.82) is 0 Å². The molecule has 0 radical (unpaired) electrons. The third kappa shape index (κ3) is 2.98. The Morgan fingerprint density at radius 1 is 1.09 bits per heavy atom. The van der Waals surface area contributed by atoms with Gasteiger partial charge in [-0.2, -0.15) is 4.39 Å². The first kappa shape index (κ1) is 19.6. The van der Waals surface area contributed by atoms with E-state index in [1.54, 1.807) is 6.20 Å². The van der Waals surface area contributed by atoms with E-state index in [1.165, 1.54) is 12.8 Å². The van der Waals surface area contributed by atoms with Crippen LogP contribution in [0.4, 0.5) is 20.3 Å². The van der Waals surface area contributed by atoms with Crippen LogP contribution in [0.5, 0.6) is 0 Å². The fourth-order valence-corrected chi connectivity index (χ4v) is 5.92. The Kier molecular flexibility index (Phi) is 4.42. The monoisotopic (exact) mass is 434 g/mol. The molecule has 4 aliphatic rings. The molecule has 4 aliphatic carbocycles. The zero-order valence-electron chi connectivity index (χ0n) is 17.8. The molecule has 0 spiro atoms. The van der Waals surface area contributed by atoms with Crippen LogP contribution in [0.15, 0.2) is 12.4 Å². The number of pyridine rings is 1. The predicted molar refractivity (Wildman–Crippen MR) is 117 cm³/mol. The molecule has 3 aromatic rings. The number of rotatable bonds is 4. The Labute approximate surface area is 184 Å². The highest BCUT2D eigenvalue weighted by molar-refractivity contribution is 5.94. The zero-order valence-corrected chi connectivity index (χ0v) is 17.8. The van der Waals surface area contributed by atoms with Crippen LogP contribution in [-0.4, -0.2) is 26.0 Å². The summed E-state index contributed by atoms with van der Waals surface area (Å²) in [5.41, 5.74) is 2.14. The Morgan fingerprint density at radius 2 is 1.84 bits per heavy atom. The number of anilines is 1. The molecule has 0 saturated heterocycles. The zero-order chi connectivity index (χ0) is 22.0. The van der Waals surface area contributed by atoms with Crippen molar-refractivity contribution in [2.24, 2.45) is 17.8 Å². The normalized spacial score (nSPS) is 26.9. The van der Waals surface area contributed by atoms with Gasteiger partial charge in [0.15, 0.2) is 17.3 Å². The lowest BCUT2D eigenvalue weighted by atomic mass is 9.62. The summed E-state index contributed by atoms with van der Waals surface area (Å²) in [5.74, 6) is 0.734. The van der Waals surface area contributed by atoms with Gasteiger partial charge in [-0.05, 0) is 62.2 Å². The first-order valence-electron chi connectivity index (χ1n) is 11.4. The number of aromatic amines is 1. The van der Waals surface area contributed by atoms with Crippen LogP contribution in [0.25, 0.3) is 27.3 Å². The molecule has 3 aromatic heterocycles. The minimum Gasteiger partial charge on any atom is -0.364 e. The molecule has 2 bridgehead atoms. The van der Waals surface area contributed by atoms with E-state index in [-0.39, 0.29) is 23.5 Å². The van der Waals surface area contributed by atoms with E-state index in [0.717, 1.165) is 31.9 Å². The van der Waals surface area contributed by atoms with Crippen LogP contribution < -0.4 is 5.32 Å². The van der Waals surface area contributed by atoms with Crippen molar-refractivity contribution in [2.45, 2.75) is 57.4 Å². The largest absolute Gasteiger partial charge is 0.364 e. The van der Waals surface area contributed by atoms with Crippen LogP contribution in [0.2, 0.25) is 0 Å². The molecular formula is C24H24F2N6. The van der Waals surface area contributed by atoms with Crippen LogP contribution >= 0.6 is 0 Å². The number of nitrogens with zero attached hydrogens (tertiary/aromatic N) is 4. The van der Waals surface area contributed by atoms with E-state index in [0.29, 0.717) is 45.7 Å². The summed E-state index contributed by atoms with van der Waals surface area (Å²) in [6.45, 7) is 10.0. The summed E-state index contributed by atoms with van der Waals surface area (Å²) in [4.78, 5) is 19.3. The van der Waals surface area contributed by atoms with Gasteiger partial charge < -0.3 is 10.3 Å². The van der Waals surface area contributed by atoms with E-state index in [9.17, 15) is 4.39 Å². The molecule has 8 heteroatoms. The third-order valence-electron chi connectivity index (χ3n) is 7.79. The van der Waals surface area contributed by atoms with E-state index in [1.807, 2.05) is 0 Å². The van der Waals surface area contributed by atoms with Crippen molar-refractivity contribution >= 4 is 22.7 Å². The molecule has 7 rings (SSSR count). The molecule has 6 nitrogen and oxygen atoms in total. The molecule has 164 valence electrons. The average Bonchev–Trinajstić information content (AvgIpc) is 3.56. The highest BCUT2D eigenvalue weighted by atomic mass is 19.1. The smallest absolute Gasteiger partial charge is 0.232 e. The molecule has 0 aromatic carbocycles. The summed E-state index contributed by atoms with van der Waals surface area (Å²) in [5, 5.41) is 3.46. The molecule has 0 amide bonds. The predicted octanol–water partition coefficient (Wildman–Crippen LogP) is 5.96. The Morgan fingerprint density at radius 3 is 2.53 bits per heavy atom. The molecule has 4 fully saturated rings. The highest BCUT2D eigenvalue weighted by Gasteiger charge is 2.42. The number of halogens is 2. The van der Waals surface area contributed by atoms with Crippen LogP contribution in [-0.2, 0) is 0 Å². The average molecular weight is 434 g/mol. The molecule has 0 aliphatic heterocycles.